The third kappa shape index (κ3) is 2.71. The standard InChI is InChI=1S/C12H17N5/c1-16-7-5-10(6-8-16)11-3-4-12(15-14-11)17(2)9-13/h3-4,10H,5-8H2,1-2H3. The second kappa shape index (κ2) is 5.11. The van der Waals surface area contributed by atoms with E-state index in [9.17, 15) is 0 Å². The molecule has 0 unspecified atom stereocenters. The molecule has 0 amide bonds. The van der Waals surface area contributed by atoms with Crippen LogP contribution in [0.1, 0.15) is 24.5 Å². The average molecular weight is 231 g/mol. The first kappa shape index (κ1) is 11.8. The zero-order valence-electron chi connectivity index (χ0n) is 10.3. The van der Waals surface area contributed by atoms with Crippen LogP contribution in [-0.4, -0.2) is 42.3 Å². The Morgan fingerprint density at radius 2 is 2.06 bits per heavy atom. The maximum atomic E-state index is 8.74. The van der Waals surface area contributed by atoms with Crippen LogP contribution in [0.5, 0.6) is 0 Å². The van der Waals surface area contributed by atoms with Crippen molar-refractivity contribution in [2.45, 2.75) is 18.8 Å². The van der Waals surface area contributed by atoms with Crippen LogP contribution >= 0.6 is 0 Å². The first-order valence-corrected chi connectivity index (χ1v) is 5.86. The van der Waals surface area contributed by atoms with Crippen LogP contribution in [0.2, 0.25) is 0 Å². The van der Waals surface area contributed by atoms with E-state index in [0.717, 1.165) is 31.6 Å². The van der Waals surface area contributed by atoms with Gasteiger partial charge in [-0.1, -0.05) is 0 Å². The van der Waals surface area contributed by atoms with Gasteiger partial charge in [-0.25, -0.2) is 0 Å². The third-order valence-corrected chi connectivity index (χ3v) is 3.30. The minimum absolute atomic E-state index is 0.514. The number of hydrogen-bond acceptors (Lipinski definition) is 5. The van der Waals surface area contributed by atoms with Crippen LogP contribution in [0.25, 0.3) is 0 Å². The van der Waals surface area contributed by atoms with E-state index in [4.69, 9.17) is 5.26 Å². The molecule has 0 radical (unpaired) electrons. The zero-order chi connectivity index (χ0) is 12.3. The first-order valence-electron chi connectivity index (χ1n) is 5.86. The van der Waals surface area contributed by atoms with E-state index in [1.807, 2.05) is 18.3 Å². The lowest BCUT2D eigenvalue weighted by atomic mass is 9.94. The van der Waals surface area contributed by atoms with Gasteiger partial charge in [0.2, 0.25) is 0 Å². The van der Waals surface area contributed by atoms with Crippen molar-refractivity contribution in [2.24, 2.45) is 0 Å². The molecule has 0 bridgehead atoms. The fourth-order valence-corrected chi connectivity index (χ4v) is 2.09. The first-order chi connectivity index (χ1) is 8.20. The maximum Gasteiger partial charge on any atom is 0.185 e. The topological polar surface area (TPSA) is 56.0 Å². The summed E-state index contributed by atoms with van der Waals surface area (Å²) in [6.45, 7) is 2.23. The summed E-state index contributed by atoms with van der Waals surface area (Å²) in [5.41, 5.74) is 1.05. The Kier molecular flexibility index (Phi) is 3.55. The Morgan fingerprint density at radius 3 is 2.59 bits per heavy atom. The van der Waals surface area contributed by atoms with Crippen molar-refractivity contribution in [1.82, 2.24) is 15.1 Å². The molecular weight excluding hydrogens is 214 g/mol. The van der Waals surface area contributed by atoms with Gasteiger partial charge in [0.15, 0.2) is 12.0 Å². The quantitative estimate of drug-likeness (QED) is 0.565. The Bertz CT molecular complexity index is 400. The van der Waals surface area contributed by atoms with Crippen molar-refractivity contribution >= 4 is 5.82 Å². The Morgan fingerprint density at radius 1 is 1.35 bits per heavy atom. The highest BCUT2D eigenvalue weighted by Gasteiger charge is 2.19. The van der Waals surface area contributed by atoms with E-state index in [2.05, 4.69) is 22.1 Å². The highest BCUT2D eigenvalue weighted by atomic mass is 15.2. The molecule has 1 aliphatic heterocycles. The van der Waals surface area contributed by atoms with Gasteiger partial charge in [-0.05, 0) is 45.1 Å². The molecule has 2 rings (SSSR count). The van der Waals surface area contributed by atoms with E-state index < -0.39 is 0 Å². The smallest absolute Gasteiger partial charge is 0.185 e. The van der Waals surface area contributed by atoms with Crippen molar-refractivity contribution in [3.63, 3.8) is 0 Å². The van der Waals surface area contributed by atoms with Crippen molar-refractivity contribution in [2.75, 3.05) is 32.1 Å². The molecule has 1 fully saturated rings. The number of hydrogen-bond donors (Lipinski definition) is 0. The number of piperidine rings is 1. The second-order valence-electron chi connectivity index (χ2n) is 4.55. The van der Waals surface area contributed by atoms with Crippen molar-refractivity contribution in [3.05, 3.63) is 17.8 Å². The molecule has 90 valence electrons. The van der Waals surface area contributed by atoms with Crippen LogP contribution in [0.15, 0.2) is 12.1 Å². The molecule has 0 saturated carbocycles. The molecule has 1 aromatic rings. The summed E-state index contributed by atoms with van der Waals surface area (Å²) in [4.78, 5) is 3.74. The van der Waals surface area contributed by atoms with Gasteiger partial charge in [-0.3, -0.25) is 4.90 Å². The lowest BCUT2D eigenvalue weighted by molar-refractivity contribution is 0.253. The molecule has 1 saturated heterocycles. The SMILES string of the molecule is CN1CCC(c2ccc(N(C)C#N)nn2)CC1. The minimum Gasteiger partial charge on any atom is -0.306 e. The summed E-state index contributed by atoms with van der Waals surface area (Å²) >= 11 is 0. The van der Waals surface area contributed by atoms with Crippen molar-refractivity contribution < 1.29 is 0 Å². The second-order valence-corrected chi connectivity index (χ2v) is 4.55. The van der Waals surface area contributed by atoms with Crippen LogP contribution in [0, 0.1) is 11.5 Å². The number of nitrogens with zero attached hydrogens (tertiary/aromatic N) is 5. The fourth-order valence-electron chi connectivity index (χ4n) is 2.09. The van der Waals surface area contributed by atoms with E-state index in [1.165, 1.54) is 4.90 Å². The van der Waals surface area contributed by atoms with Crippen LogP contribution < -0.4 is 4.90 Å². The van der Waals surface area contributed by atoms with Gasteiger partial charge in [-0.2, -0.15) is 10.4 Å². The molecule has 0 atom stereocenters. The molecule has 5 nitrogen and oxygen atoms in total. The number of nitriles is 1. The average Bonchev–Trinajstić information content (AvgIpc) is 2.39. The van der Waals surface area contributed by atoms with Crippen LogP contribution in [0.4, 0.5) is 5.82 Å². The monoisotopic (exact) mass is 231 g/mol. The molecule has 0 aliphatic carbocycles. The Balaban J connectivity index is 2.06. The van der Waals surface area contributed by atoms with Gasteiger partial charge in [0.05, 0.1) is 5.69 Å². The van der Waals surface area contributed by atoms with E-state index in [1.54, 1.807) is 7.05 Å². The third-order valence-electron chi connectivity index (χ3n) is 3.30. The van der Waals surface area contributed by atoms with Crippen LogP contribution in [-0.2, 0) is 0 Å². The van der Waals surface area contributed by atoms with Crippen molar-refractivity contribution in [1.29, 1.82) is 5.26 Å². The van der Waals surface area contributed by atoms with Gasteiger partial charge in [0, 0.05) is 13.0 Å². The summed E-state index contributed by atoms with van der Waals surface area (Å²) in [5, 5.41) is 17.1. The Hall–Kier alpha value is -1.67. The summed E-state index contributed by atoms with van der Waals surface area (Å²) in [7, 11) is 3.83. The van der Waals surface area contributed by atoms with Gasteiger partial charge < -0.3 is 4.90 Å². The zero-order valence-corrected chi connectivity index (χ0v) is 10.3. The largest absolute Gasteiger partial charge is 0.306 e. The van der Waals surface area contributed by atoms with Crippen LogP contribution in [0.3, 0.4) is 0 Å². The molecular formula is C12H17N5. The lowest BCUT2D eigenvalue weighted by Gasteiger charge is -2.28. The Labute approximate surface area is 102 Å². The number of aromatic nitrogens is 2. The summed E-state index contributed by atoms with van der Waals surface area (Å²) in [5.74, 6) is 1.12. The predicted octanol–water partition coefficient (Wildman–Crippen LogP) is 1.20. The minimum atomic E-state index is 0.514. The van der Waals surface area contributed by atoms with Crippen molar-refractivity contribution in [3.8, 4) is 6.19 Å². The van der Waals surface area contributed by atoms with Gasteiger partial charge in [-0.15, -0.1) is 5.10 Å². The highest BCUT2D eigenvalue weighted by molar-refractivity contribution is 5.41. The molecule has 0 N–H and O–H groups in total. The maximum absolute atomic E-state index is 8.74. The lowest BCUT2D eigenvalue weighted by Crippen LogP contribution is -2.29. The molecule has 1 aromatic heterocycles. The molecule has 1 aliphatic rings. The number of anilines is 1. The molecule has 2 heterocycles. The number of likely N-dealkylation sites (tertiary alicyclic amines) is 1. The molecule has 5 heteroatoms. The molecule has 17 heavy (non-hydrogen) atoms. The highest BCUT2D eigenvalue weighted by Crippen LogP contribution is 2.25. The fraction of sp³-hybridized carbons (Fsp3) is 0.583. The summed E-state index contributed by atoms with van der Waals surface area (Å²) in [6, 6.07) is 3.86. The molecule has 0 spiro atoms. The van der Waals surface area contributed by atoms with Gasteiger partial charge in [0.1, 0.15) is 0 Å². The van der Waals surface area contributed by atoms with E-state index in [-0.39, 0.29) is 0 Å². The van der Waals surface area contributed by atoms with Gasteiger partial charge >= 0.3 is 0 Å². The summed E-state index contributed by atoms with van der Waals surface area (Å²) in [6.07, 6.45) is 4.29. The van der Waals surface area contributed by atoms with E-state index >= 15 is 0 Å². The predicted molar refractivity (Wildman–Crippen MR) is 65.5 cm³/mol. The van der Waals surface area contributed by atoms with Gasteiger partial charge in [0.25, 0.3) is 0 Å². The van der Waals surface area contributed by atoms with E-state index in [0.29, 0.717) is 11.7 Å². The summed E-state index contributed by atoms with van der Waals surface area (Å²) < 4.78 is 0. The molecule has 0 aromatic carbocycles. The number of rotatable bonds is 2. The normalized spacial score (nSPS) is 17.7.